The van der Waals surface area contributed by atoms with Crippen molar-refractivity contribution in [2.75, 3.05) is 5.32 Å². The summed E-state index contributed by atoms with van der Waals surface area (Å²) in [6, 6.07) is 15.8. The van der Waals surface area contributed by atoms with E-state index in [4.69, 9.17) is 11.6 Å². The molecule has 118 valence electrons. The second kappa shape index (κ2) is 6.05. The smallest absolute Gasteiger partial charge is 0.246 e. The molecule has 1 aromatic heterocycles. The number of benzene rings is 2. The Hall–Kier alpha value is -2.33. The number of hydrogen-bond acceptors (Lipinski definition) is 3. The molecule has 0 fully saturated rings. The minimum absolute atomic E-state index is 0.140. The van der Waals surface area contributed by atoms with Gasteiger partial charge in [0.2, 0.25) is 5.95 Å². The van der Waals surface area contributed by atoms with Crippen molar-refractivity contribution in [3.05, 3.63) is 59.1 Å². The van der Waals surface area contributed by atoms with E-state index in [1.165, 1.54) is 5.56 Å². The Labute approximate surface area is 140 Å². The predicted molar refractivity (Wildman–Crippen MR) is 95.3 cm³/mol. The largest absolute Gasteiger partial charge is 0.323 e. The molecule has 0 saturated carbocycles. The van der Waals surface area contributed by atoms with Gasteiger partial charge in [0, 0.05) is 16.3 Å². The minimum atomic E-state index is 0.140. The summed E-state index contributed by atoms with van der Waals surface area (Å²) >= 11 is 5.88. The highest BCUT2D eigenvalue weighted by Crippen LogP contribution is 2.25. The third-order valence-electron chi connectivity index (χ3n) is 3.61. The Morgan fingerprint density at radius 1 is 0.957 bits per heavy atom. The van der Waals surface area contributed by atoms with Crippen molar-refractivity contribution >= 4 is 23.2 Å². The molecular weight excluding hydrogens is 308 g/mol. The van der Waals surface area contributed by atoms with Gasteiger partial charge < -0.3 is 5.32 Å². The van der Waals surface area contributed by atoms with E-state index < -0.39 is 0 Å². The number of nitrogens with zero attached hydrogens (tertiary/aromatic N) is 2. The average molecular weight is 327 g/mol. The van der Waals surface area contributed by atoms with Gasteiger partial charge in [-0.3, -0.25) is 5.10 Å². The molecule has 2 aromatic carbocycles. The van der Waals surface area contributed by atoms with Gasteiger partial charge in [0.25, 0.3) is 0 Å². The number of anilines is 2. The second-order valence-corrected chi connectivity index (χ2v) is 6.90. The molecule has 0 bridgehead atoms. The molecule has 0 saturated heterocycles. The van der Waals surface area contributed by atoms with Crippen molar-refractivity contribution in [1.82, 2.24) is 15.2 Å². The van der Waals surface area contributed by atoms with Crippen LogP contribution in [0.25, 0.3) is 11.4 Å². The molecule has 0 aliphatic carbocycles. The zero-order valence-corrected chi connectivity index (χ0v) is 14.1. The third-order valence-corrected chi connectivity index (χ3v) is 3.86. The highest BCUT2D eigenvalue weighted by atomic mass is 35.5. The van der Waals surface area contributed by atoms with Gasteiger partial charge in [-0.25, -0.2) is 0 Å². The van der Waals surface area contributed by atoms with Gasteiger partial charge >= 0.3 is 0 Å². The molecule has 3 aromatic rings. The van der Waals surface area contributed by atoms with E-state index in [0.29, 0.717) is 11.0 Å². The molecule has 3 rings (SSSR count). The second-order valence-electron chi connectivity index (χ2n) is 6.47. The maximum Gasteiger partial charge on any atom is 0.246 e. The fourth-order valence-corrected chi connectivity index (χ4v) is 2.36. The molecule has 4 nitrogen and oxygen atoms in total. The fourth-order valence-electron chi connectivity index (χ4n) is 2.24. The van der Waals surface area contributed by atoms with E-state index in [9.17, 15) is 0 Å². The van der Waals surface area contributed by atoms with Gasteiger partial charge in [-0.15, -0.1) is 5.10 Å². The Bertz CT molecular complexity index is 783. The molecular formula is C18H19ClN4. The van der Waals surface area contributed by atoms with Gasteiger partial charge in [0.1, 0.15) is 0 Å². The minimum Gasteiger partial charge on any atom is -0.323 e. The van der Waals surface area contributed by atoms with E-state index in [0.717, 1.165) is 17.1 Å². The molecule has 0 unspecified atom stereocenters. The predicted octanol–water partition coefficient (Wildman–Crippen LogP) is 5.17. The third kappa shape index (κ3) is 3.71. The zero-order valence-electron chi connectivity index (χ0n) is 13.4. The van der Waals surface area contributed by atoms with Crippen LogP contribution >= 0.6 is 11.6 Å². The lowest BCUT2D eigenvalue weighted by Crippen LogP contribution is -2.10. The Balaban J connectivity index is 1.77. The summed E-state index contributed by atoms with van der Waals surface area (Å²) in [4.78, 5) is 4.48. The fraction of sp³-hybridized carbons (Fsp3) is 0.222. The lowest BCUT2D eigenvalue weighted by atomic mass is 9.87. The summed E-state index contributed by atoms with van der Waals surface area (Å²) in [7, 11) is 0. The normalized spacial score (nSPS) is 11.5. The Morgan fingerprint density at radius 2 is 1.61 bits per heavy atom. The Kier molecular flexibility index (Phi) is 4.09. The van der Waals surface area contributed by atoms with Crippen molar-refractivity contribution in [2.45, 2.75) is 26.2 Å². The zero-order chi connectivity index (χ0) is 16.4. The van der Waals surface area contributed by atoms with Crippen molar-refractivity contribution in [3.8, 4) is 11.4 Å². The molecule has 2 N–H and O–H groups in total. The molecule has 5 heteroatoms. The number of rotatable bonds is 3. The number of hydrogen-bond donors (Lipinski definition) is 2. The first kappa shape index (κ1) is 15.6. The van der Waals surface area contributed by atoms with Crippen LogP contribution in [0.3, 0.4) is 0 Å². The number of H-pyrrole nitrogens is 1. The molecule has 1 heterocycles. The van der Waals surface area contributed by atoms with Crippen molar-refractivity contribution < 1.29 is 0 Å². The SMILES string of the molecule is CC(C)(C)c1ccc(-c2nc(Nc3ccc(Cl)cc3)n[nH]2)cc1. The maximum absolute atomic E-state index is 5.88. The van der Waals surface area contributed by atoms with Crippen LogP contribution in [-0.4, -0.2) is 15.2 Å². The van der Waals surface area contributed by atoms with E-state index >= 15 is 0 Å². The quantitative estimate of drug-likeness (QED) is 0.698. The summed E-state index contributed by atoms with van der Waals surface area (Å²) in [5.74, 6) is 1.27. The first-order valence-electron chi connectivity index (χ1n) is 7.48. The van der Waals surface area contributed by atoms with Gasteiger partial charge in [-0.1, -0.05) is 56.6 Å². The maximum atomic E-state index is 5.88. The highest BCUT2D eigenvalue weighted by Gasteiger charge is 2.14. The summed E-state index contributed by atoms with van der Waals surface area (Å²) in [5.41, 5.74) is 3.33. The van der Waals surface area contributed by atoms with E-state index in [2.05, 4.69) is 65.5 Å². The molecule has 0 aliphatic heterocycles. The van der Waals surface area contributed by atoms with Crippen molar-refractivity contribution in [3.63, 3.8) is 0 Å². The van der Waals surface area contributed by atoms with Crippen LogP contribution in [0, 0.1) is 0 Å². The standard InChI is InChI=1S/C18H19ClN4/c1-18(2,3)13-6-4-12(5-7-13)16-21-17(23-22-16)20-15-10-8-14(19)9-11-15/h4-11H,1-3H3,(H2,20,21,22,23). The van der Waals surface area contributed by atoms with Crippen LogP contribution in [0.1, 0.15) is 26.3 Å². The Morgan fingerprint density at radius 3 is 2.22 bits per heavy atom. The van der Waals surface area contributed by atoms with Gasteiger partial charge in [0.05, 0.1) is 0 Å². The summed E-state index contributed by atoms with van der Waals surface area (Å²) in [6.45, 7) is 6.60. The number of aromatic amines is 1. The summed E-state index contributed by atoms with van der Waals surface area (Å²) < 4.78 is 0. The summed E-state index contributed by atoms with van der Waals surface area (Å²) in [6.07, 6.45) is 0. The molecule has 0 radical (unpaired) electrons. The van der Waals surface area contributed by atoms with Gasteiger partial charge in [-0.05, 0) is 35.2 Å². The number of nitrogens with one attached hydrogen (secondary N) is 2. The molecule has 0 amide bonds. The lowest BCUT2D eigenvalue weighted by molar-refractivity contribution is 0.590. The van der Waals surface area contributed by atoms with Crippen LogP contribution in [-0.2, 0) is 5.41 Å². The van der Waals surface area contributed by atoms with Gasteiger partial charge in [0.15, 0.2) is 5.82 Å². The van der Waals surface area contributed by atoms with Crippen LogP contribution in [0.15, 0.2) is 48.5 Å². The highest BCUT2D eigenvalue weighted by molar-refractivity contribution is 6.30. The monoisotopic (exact) mass is 326 g/mol. The van der Waals surface area contributed by atoms with Crippen molar-refractivity contribution in [1.29, 1.82) is 0 Å². The topological polar surface area (TPSA) is 53.6 Å². The first-order chi connectivity index (χ1) is 10.9. The summed E-state index contributed by atoms with van der Waals surface area (Å²) in [5, 5.41) is 11.0. The van der Waals surface area contributed by atoms with E-state index in [1.54, 1.807) is 0 Å². The van der Waals surface area contributed by atoms with Crippen LogP contribution < -0.4 is 5.32 Å². The first-order valence-corrected chi connectivity index (χ1v) is 7.85. The van der Waals surface area contributed by atoms with E-state index in [1.807, 2.05) is 24.3 Å². The molecule has 0 aliphatic rings. The molecule has 0 spiro atoms. The number of halogens is 1. The van der Waals surface area contributed by atoms with Crippen LogP contribution in [0.5, 0.6) is 0 Å². The average Bonchev–Trinajstić information content (AvgIpc) is 2.97. The van der Waals surface area contributed by atoms with Crippen LogP contribution in [0.4, 0.5) is 11.6 Å². The van der Waals surface area contributed by atoms with E-state index in [-0.39, 0.29) is 5.41 Å². The molecule has 0 atom stereocenters. The lowest BCUT2D eigenvalue weighted by Gasteiger charge is -2.18. The van der Waals surface area contributed by atoms with Crippen LogP contribution in [0.2, 0.25) is 5.02 Å². The number of aromatic nitrogens is 3. The van der Waals surface area contributed by atoms with Crippen molar-refractivity contribution in [2.24, 2.45) is 0 Å². The molecule has 23 heavy (non-hydrogen) atoms. The van der Waals surface area contributed by atoms with Gasteiger partial charge in [-0.2, -0.15) is 4.98 Å².